The monoisotopic (exact) mass is 576 g/mol. The summed E-state index contributed by atoms with van der Waals surface area (Å²) in [5, 5.41) is 24.7. The van der Waals surface area contributed by atoms with Gasteiger partial charge in [0.15, 0.2) is 0 Å². The third kappa shape index (κ3) is 6.93. The number of hydrogen-bond donors (Lipinski definition) is 3. The number of fused-ring (bicyclic) bond motifs is 2. The lowest BCUT2D eigenvalue weighted by Gasteiger charge is -2.45. The Balaban J connectivity index is 1.16. The molecule has 10 heteroatoms. The number of rotatable bonds is 8. The molecular formula is C32H40N4O6. The van der Waals surface area contributed by atoms with Crippen molar-refractivity contribution >= 4 is 12.0 Å². The number of amides is 2. The van der Waals surface area contributed by atoms with Gasteiger partial charge in [0.05, 0.1) is 44.1 Å². The average molecular weight is 577 g/mol. The number of nitrogens with one attached hydrogen (secondary N) is 2. The zero-order chi connectivity index (χ0) is 29.9. The molecule has 224 valence electrons. The summed E-state index contributed by atoms with van der Waals surface area (Å²) in [6.45, 7) is 9.16. The van der Waals surface area contributed by atoms with E-state index in [1.807, 2.05) is 24.3 Å². The van der Waals surface area contributed by atoms with Crippen LogP contribution in [0.3, 0.4) is 0 Å². The Morgan fingerprint density at radius 2 is 1.83 bits per heavy atom. The van der Waals surface area contributed by atoms with Crippen molar-refractivity contribution in [3.63, 3.8) is 0 Å². The summed E-state index contributed by atoms with van der Waals surface area (Å²) in [6, 6.07) is 16.3. The van der Waals surface area contributed by atoms with Gasteiger partial charge in [0, 0.05) is 19.5 Å². The van der Waals surface area contributed by atoms with Gasteiger partial charge >= 0.3 is 6.09 Å². The molecule has 2 atom stereocenters. The maximum atomic E-state index is 12.4. The number of likely N-dealkylation sites (tertiary alicyclic amines) is 1. The van der Waals surface area contributed by atoms with Crippen LogP contribution in [0.4, 0.5) is 4.79 Å². The van der Waals surface area contributed by atoms with Gasteiger partial charge in [-0.25, -0.2) is 4.79 Å². The van der Waals surface area contributed by atoms with E-state index in [0.29, 0.717) is 12.6 Å². The second-order valence-corrected chi connectivity index (χ2v) is 12.4. The third-order valence-corrected chi connectivity index (χ3v) is 8.19. The number of carbonyl (C=O) groups excluding carboxylic acids is 2. The lowest BCUT2D eigenvalue weighted by Crippen LogP contribution is -2.54. The Morgan fingerprint density at radius 1 is 1.14 bits per heavy atom. The molecule has 2 aromatic carbocycles. The Labute approximate surface area is 246 Å². The number of aliphatic hydroxyl groups is 1. The van der Waals surface area contributed by atoms with Crippen LogP contribution in [0.2, 0.25) is 0 Å². The number of carbonyl (C=O) groups is 2. The van der Waals surface area contributed by atoms with Gasteiger partial charge in [-0.1, -0.05) is 36.4 Å². The molecule has 0 aromatic heterocycles. The summed E-state index contributed by atoms with van der Waals surface area (Å²) < 4.78 is 16.9. The number of aliphatic hydroxyl groups excluding tert-OH is 1. The van der Waals surface area contributed by atoms with Crippen LogP contribution in [0.25, 0.3) is 11.1 Å². The molecule has 0 saturated carbocycles. The van der Waals surface area contributed by atoms with Crippen LogP contribution in [0.5, 0.6) is 0 Å². The first-order valence-electron chi connectivity index (χ1n) is 14.6. The molecule has 0 unspecified atom stereocenters. The van der Waals surface area contributed by atoms with Crippen molar-refractivity contribution in [2.45, 2.75) is 76.0 Å². The predicted molar refractivity (Wildman–Crippen MR) is 155 cm³/mol. The molecule has 1 spiro atoms. The standard InChI is InChI=1S/C32H40N4O6/c1-31(2,3)42-30(39)34-17-28(37)29(38)35-25(16-33)14-21-4-6-22(7-5-21)23-8-9-24-18-41-32(27(24)15-23)10-12-36(13-11-32)26-19-40-20-26/h4-9,15,25-26,28,37H,10-14,17-20H2,1-3H3,(H,34,39)(H,35,38)/t25-,28-/m0/s1. The summed E-state index contributed by atoms with van der Waals surface area (Å²) in [4.78, 5) is 26.7. The first-order chi connectivity index (χ1) is 20.0. The van der Waals surface area contributed by atoms with E-state index in [1.165, 1.54) is 11.1 Å². The third-order valence-electron chi connectivity index (χ3n) is 8.19. The Bertz CT molecular complexity index is 1320. The van der Waals surface area contributed by atoms with Crippen LogP contribution in [0.1, 0.15) is 50.3 Å². The molecule has 2 aromatic rings. The van der Waals surface area contributed by atoms with Gasteiger partial charge in [0.1, 0.15) is 17.7 Å². The fraction of sp³-hybridized carbons (Fsp3) is 0.531. The fourth-order valence-electron chi connectivity index (χ4n) is 5.75. The molecule has 2 amide bonds. The van der Waals surface area contributed by atoms with E-state index in [0.717, 1.165) is 55.8 Å². The molecule has 3 aliphatic heterocycles. The molecule has 5 rings (SSSR count). The van der Waals surface area contributed by atoms with Gasteiger partial charge in [0.2, 0.25) is 0 Å². The van der Waals surface area contributed by atoms with Crippen LogP contribution >= 0.6 is 0 Å². The van der Waals surface area contributed by atoms with Gasteiger partial charge in [-0.3, -0.25) is 9.69 Å². The minimum absolute atomic E-state index is 0.225. The van der Waals surface area contributed by atoms with Crippen molar-refractivity contribution in [2.75, 3.05) is 32.8 Å². The molecule has 2 saturated heterocycles. The van der Waals surface area contributed by atoms with Crippen molar-refractivity contribution in [1.29, 1.82) is 5.26 Å². The van der Waals surface area contributed by atoms with Crippen LogP contribution < -0.4 is 10.6 Å². The first kappa shape index (κ1) is 30.0. The van der Waals surface area contributed by atoms with E-state index in [2.05, 4.69) is 39.8 Å². The van der Waals surface area contributed by atoms with Crippen molar-refractivity contribution < 1.29 is 28.9 Å². The SMILES string of the molecule is CC(C)(C)OC(=O)NC[C@H](O)C(=O)N[C@H](C#N)Cc1ccc(-c2ccc3c(c2)C2(CCN(C4COC4)CC2)OC3)cc1. The zero-order valence-corrected chi connectivity index (χ0v) is 24.5. The molecule has 3 heterocycles. The first-order valence-corrected chi connectivity index (χ1v) is 14.6. The predicted octanol–water partition coefficient (Wildman–Crippen LogP) is 3.01. The lowest BCUT2D eigenvalue weighted by atomic mass is 9.82. The van der Waals surface area contributed by atoms with Crippen LogP contribution in [-0.4, -0.2) is 78.6 Å². The average Bonchev–Trinajstić information content (AvgIpc) is 3.28. The topological polar surface area (TPSA) is 133 Å². The minimum atomic E-state index is -1.51. The second-order valence-electron chi connectivity index (χ2n) is 12.4. The summed E-state index contributed by atoms with van der Waals surface area (Å²) in [7, 11) is 0. The summed E-state index contributed by atoms with van der Waals surface area (Å²) in [5.74, 6) is -0.740. The smallest absolute Gasteiger partial charge is 0.407 e. The van der Waals surface area contributed by atoms with E-state index in [-0.39, 0.29) is 18.6 Å². The van der Waals surface area contributed by atoms with Crippen molar-refractivity contribution in [1.82, 2.24) is 15.5 Å². The van der Waals surface area contributed by atoms with Gasteiger partial charge in [-0.2, -0.15) is 5.26 Å². The molecule has 2 fully saturated rings. The molecule has 3 aliphatic rings. The molecule has 42 heavy (non-hydrogen) atoms. The van der Waals surface area contributed by atoms with E-state index in [4.69, 9.17) is 14.2 Å². The molecule has 0 aliphatic carbocycles. The number of benzene rings is 2. The highest BCUT2D eigenvalue weighted by atomic mass is 16.6. The minimum Gasteiger partial charge on any atom is -0.444 e. The second kappa shape index (κ2) is 12.4. The highest BCUT2D eigenvalue weighted by Gasteiger charge is 2.44. The van der Waals surface area contributed by atoms with Crippen molar-refractivity contribution in [3.8, 4) is 17.2 Å². The molecular weight excluding hydrogens is 536 g/mol. The Morgan fingerprint density at radius 3 is 2.45 bits per heavy atom. The van der Waals surface area contributed by atoms with Crippen molar-refractivity contribution in [2.24, 2.45) is 0 Å². The number of ether oxygens (including phenoxy) is 3. The molecule has 0 radical (unpaired) electrons. The maximum absolute atomic E-state index is 12.4. The number of nitrogens with zero attached hydrogens (tertiary/aromatic N) is 2. The van der Waals surface area contributed by atoms with Gasteiger partial charge in [-0.05, 0) is 67.5 Å². The summed E-state index contributed by atoms with van der Waals surface area (Å²) >= 11 is 0. The largest absolute Gasteiger partial charge is 0.444 e. The number of alkyl carbamates (subject to hydrolysis) is 1. The Kier molecular flexibility index (Phi) is 8.85. The van der Waals surface area contributed by atoms with Gasteiger partial charge in [0.25, 0.3) is 5.91 Å². The van der Waals surface area contributed by atoms with E-state index < -0.39 is 29.7 Å². The van der Waals surface area contributed by atoms with Crippen LogP contribution in [0.15, 0.2) is 42.5 Å². The number of piperidine rings is 1. The van der Waals surface area contributed by atoms with Crippen LogP contribution in [0, 0.1) is 11.3 Å². The quantitative estimate of drug-likeness (QED) is 0.437. The molecule has 10 nitrogen and oxygen atoms in total. The molecule has 0 bridgehead atoms. The number of nitriles is 1. The summed E-state index contributed by atoms with van der Waals surface area (Å²) in [5.41, 5.74) is 4.68. The van der Waals surface area contributed by atoms with E-state index in [1.54, 1.807) is 20.8 Å². The normalized spacial score (nSPS) is 19.7. The fourth-order valence-corrected chi connectivity index (χ4v) is 5.75. The van der Waals surface area contributed by atoms with Gasteiger partial charge in [-0.15, -0.1) is 0 Å². The summed E-state index contributed by atoms with van der Waals surface area (Å²) in [6.07, 6.45) is -0.0134. The highest BCUT2D eigenvalue weighted by molar-refractivity contribution is 5.82. The maximum Gasteiger partial charge on any atom is 0.407 e. The van der Waals surface area contributed by atoms with E-state index in [9.17, 15) is 20.0 Å². The van der Waals surface area contributed by atoms with E-state index >= 15 is 0 Å². The lowest BCUT2D eigenvalue weighted by molar-refractivity contribution is -0.129. The highest BCUT2D eigenvalue weighted by Crippen LogP contribution is 2.45. The zero-order valence-electron chi connectivity index (χ0n) is 24.5. The van der Waals surface area contributed by atoms with Crippen molar-refractivity contribution in [3.05, 3.63) is 59.2 Å². The van der Waals surface area contributed by atoms with Crippen LogP contribution in [-0.2, 0) is 37.6 Å². The molecule has 3 N–H and O–H groups in total. The number of hydrogen-bond acceptors (Lipinski definition) is 8. The van der Waals surface area contributed by atoms with Gasteiger partial charge < -0.3 is 30.0 Å². The Hall–Kier alpha value is -3.49.